The van der Waals surface area contributed by atoms with Crippen LogP contribution in [0.25, 0.3) is 0 Å². The second-order valence-electron chi connectivity index (χ2n) is 6.58. The number of amides is 2. The molecule has 5 nitrogen and oxygen atoms in total. The lowest BCUT2D eigenvalue weighted by Crippen LogP contribution is -2.45. The van der Waals surface area contributed by atoms with Crippen LogP contribution < -0.4 is 5.32 Å². The van der Waals surface area contributed by atoms with Crippen molar-refractivity contribution in [3.8, 4) is 0 Å². The van der Waals surface area contributed by atoms with Crippen molar-refractivity contribution >= 4 is 11.8 Å². The smallest absolute Gasteiger partial charge is 0.247 e. The van der Waals surface area contributed by atoms with E-state index in [9.17, 15) is 14.0 Å². The van der Waals surface area contributed by atoms with E-state index in [1.54, 1.807) is 50.2 Å². The maximum atomic E-state index is 13.2. The van der Waals surface area contributed by atoms with Crippen molar-refractivity contribution in [3.05, 3.63) is 71.5 Å². The van der Waals surface area contributed by atoms with Crippen LogP contribution in [0.3, 0.4) is 0 Å². The highest BCUT2D eigenvalue weighted by molar-refractivity contribution is 5.89. The number of benzene rings is 2. The van der Waals surface area contributed by atoms with E-state index in [1.165, 1.54) is 17.0 Å². The SMILES string of the molecule is CC(C)C(=O)N(Cc1ccc(F)cc1)[C@H](C(=O)NCCO)c1ccccc1. The zero-order valence-corrected chi connectivity index (χ0v) is 15.6. The summed E-state index contributed by atoms with van der Waals surface area (Å²) in [6.45, 7) is 3.62. The maximum absolute atomic E-state index is 13.2. The van der Waals surface area contributed by atoms with Crippen LogP contribution in [0.1, 0.15) is 31.0 Å². The van der Waals surface area contributed by atoms with Crippen LogP contribution in [0.15, 0.2) is 54.6 Å². The maximum Gasteiger partial charge on any atom is 0.247 e. The molecule has 0 radical (unpaired) electrons. The number of rotatable bonds is 8. The van der Waals surface area contributed by atoms with Crippen LogP contribution >= 0.6 is 0 Å². The van der Waals surface area contributed by atoms with Gasteiger partial charge in [0.15, 0.2) is 0 Å². The number of nitrogens with zero attached hydrogens (tertiary/aromatic N) is 1. The first-order chi connectivity index (χ1) is 12.9. The lowest BCUT2D eigenvalue weighted by Gasteiger charge is -2.33. The van der Waals surface area contributed by atoms with Gasteiger partial charge in [0.1, 0.15) is 11.9 Å². The van der Waals surface area contributed by atoms with Gasteiger partial charge in [-0.25, -0.2) is 4.39 Å². The average Bonchev–Trinajstić information content (AvgIpc) is 2.67. The standard InChI is InChI=1S/C21H25FN2O3/c1-15(2)21(27)24(14-16-8-10-18(22)11-9-16)19(20(26)23-12-13-25)17-6-4-3-5-7-17/h3-11,15,19,25H,12-14H2,1-2H3,(H,23,26)/t19-/m0/s1. The van der Waals surface area contributed by atoms with E-state index >= 15 is 0 Å². The Balaban J connectivity index is 2.43. The summed E-state index contributed by atoms with van der Waals surface area (Å²) in [5.41, 5.74) is 1.39. The predicted molar refractivity (Wildman–Crippen MR) is 101 cm³/mol. The summed E-state index contributed by atoms with van der Waals surface area (Å²) in [7, 11) is 0. The van der Waals surface area contributed by atoms with E-state index in [1.807, 2.05) is 6.07 Å². The van der Waals surface area contributed by atoms with E-state index in [0.29, 0.717) is 5.56 Å². The predicted octanol–water partition coefficient (Wildman–Crippen LogP) is 2.66. The van der Waals surface area contributed by atoms with Gasteiger partial charge in [0, 0.05) is 19.0 Å². The first-order valence-corrected chi connectivity index (χ1v) is 8.92. The first kappa shape index (κ1) is 20.6. The van der Waals surface area contributed by atoms with Gasteiger partial charge in [0.25, 0.3) is 0 Å². The van der Waals surface area contributed by atoms with Crippen LogP contribution in [0.5, 0.6) is 0 Å². The highest BCUT2D eigenvalue weighted by atomic mass is 19.1. The molecule has 2 aromatic carbocycles. The highest BCUT2D eigenvalue weighted by Gasteiger charge is 2.32. The molecule has 2 amide bonds. The van der Waals surface area contributed by atoms with E-state index < -0.39 is 6.04 Å². The van der Waals surface area contributed by atoms with Crippen molar-refractivity contribution < 1.29 is 19.1 Å². The van der Waals surface area contributed by atoms with Crippen molar-refractivity contribution in [2.75, 3.05) is 13.2 Å². The molecule has 2 rings (SSSR count). The Morgan fingerprint density at radius 1 is 1.07 bits per heavy atom. The quantitative estimate of drug-likeness (QED) is 0.748. The van der Waals surface area contributed by atoms with E-state index in [2.05, 4.69) is 5.32 Å². The largest absolute Gasteiger partial charge is 0.395 e. The Morgan fingerprint density at radius 3 is 2.26 bits per heavy atom. The summed E-state index contributed by atoms with van der Waals surface area (Å²) < 4.78 is 13.2. The van der Waals surface area contributed by atoms with E-state index in [0.717, 1.165) is 5.56 Å². The monoisotopic (exact) mass is 372 g/mol. The molecule has 0 aromatic heterocycles. The Bertz CT molecular complexity index is 748. The summed E-state index contributed by atoms with van der Waals surface area (Å²) in [6, 6.07) is 14.0. The number of aliphatic hydroxyl groups is 1. The molecule has 0 fully saturated rings. The van der Waals surface area contributed by atoms with Crippen molar-refractivity contribution in [3.63, 3.8) is 0 Å². The fraction of sp³-hybridized carbons (Fsp3) is 0.333. The van der Waals surface area contributed by atoms with E-state index in [-0.39, 0.29) is 43.2 Å². The van der Waals surface area contributed by atoms with Gasteiger partial charge < -0.3 is 15.3 Å². The van der Waals surface area contributed by atoms with Crippen LogP contribution in [0.2, 0.25) is 0 Å². The Kier molecular flexibility index (Phi) is 7.49. The van der Waals surface area contributed by atoms with Gasteiger partial charge in [-0.1, -0.05) is 56.3 Å². The Morgan fingerprint density at radius 2 is 1.70 bits per heavy atom. The Hall–Kier alpha value is -2.73. The van der Waals surface area contributed by atoms with Gasteiger partial charge in [-0.2, -0.15) is 0 Å². The Labute approximate surface area is 158 Å². The van der Waals surface area contributed by atoms with Gasteiger partial charge in [-0.3, -0.25) is 9.59 Å². The first-order valence-electron chi connectivity index (χ1n) is 8.92. The third-order valence-electron chi connectivity index (χ3n) is 4.13. The van der Waals surface area contributed by atoms with Crippen molar-refractivity contribution in [2.24, 2.45) is 5.92 Å². The molecule has 1 atom stereocenters. The van der Waals surface area contributed by atoms with Crippen molar-refractivity contribution in [1.29, 1.82) is 0 Å². The molecule has 0 aliphatic rings. The lowest BCUT2D eigenvalue weighted by molar-refractivity contribution is -0.144. The fourth-order valence-electron chi connectivity index (χ4n) is 2.80. The van der Waals surface area contributed by atoms with Crippen LogP contribution in [-0.4, -0.2) is 35.0 Å². The number of hydrogen-bond donors (Lipinski definition) is 2. The molecule has 0 spiro atoms. The molecule has 0 saturated carbocycles. The van der Waals surface area contributed by atoms with Crippen molar-refractivity contribution in [2.45, 2.75) is 26.4 Å². The molecule has 2 aromatic rings. The zero-order valence-electron chi connectivity index (χ0n) is 15.6. The average molecular weight is 372 g/mol. The number of aliphatic hydroxyl groups excluding tert-OH is 1. The van der Waals surface area contributed by atoms with Gasteiger partial charge in [0.05, 0.1) is 6.61 Å². The minimum Gasteiger partial charge on any atom is -0.395 e. The molecule has 0 saturated heterocycles. The molecular formula is C21H25FN2O3. The van der Waals surface area contributed by atoms with Crippen LogP contribution in [-0.2, 0) is 16.1 Å². The summed E-state index contributed by atoms with van der Waals surface area (Å²) in [5.74, 6) is -1.23. The normalized spacial score (nSPS) is 11.9. The molecule has 0 aliphatic heterocycles. The molecule has 0 aliphatic carbocycles. The lowest BCUT2D eigenvalue weighted by atomic mass is 10.0. The van der Waals surface area contributed by atoms with Gasteiger partial charge in [-0.15, -0.1) is 0 Å². The minimum atomic E-state index is -0.849. The molecule has 0 heterocycles. The van der Waals surface area contributed by atoms with Gasteiger partial charge >= 0.3 is 0 Å². The molecule has 2 N–H and O–H groups in total. The summed E-state index contributed by atoms with van der Waals surface area (Å²) in [4.78, 5) is 27.3. The second kappa shape index (κ2) is 9.83. The summed E-state index contributed by atoms with van der Waals surface area (Å²) >= 11 is 0. The third kappa shape index (κ3) is 5.62. The topological polar surface area (TPSA) is 69.6 Å². The number of hydrogen-bond acceptors (Lipinski definition) is 3. The number of nitrogens with one attached hydrogen (secondary N) is 1. The molecule has 0 unspecified atom stereocenters. The van der Waals surface area contributed by atoms with Crippen molar-refractivity contribution in [1.82, 2.24) is 10.2 Å². The zero-order chi connectivity index (χ0) is 19.8. The van der Waals surface area contributed by atoms with E-state index in [4.69, 9.17) is 5.11 Å². The molecule has 144 valence electrons. The van der Waals surface area contributed by atoms with Crippen LogP contribution in [0, 0.1) is 11.7 Å². The molecule has 0 bridgehead atoms. The number of carbonyl (C=O) groups is 2. The minimum absolute atomic E-state index is 0.0996. The summed E-state index contributed by atoms with van der Waals surface area (Å²) in [5, 5.41) is 11.7. The fourth-order valence-corrected chi connectivity index (χ4v) is 2.80. The molecule has 27 heavy (non-hydrogen) atoms. The highest BCUT2D eigenvalue weighted by Crippen LogP contribution is 2.25. The van der Waals surface area contributed by atoms with Gasteiger partial charge in [-0.05, 0) is 23.3 Å². The summed E-state index contributed by atoms with van der Waals surface area (Å²) in [6.07, 6.45) is 0. The third-order valence-corrected chi connectivity index (χ3v) is 4.13. The number of carbonyl (C=O) groups excluding carboxylic acids is 2. The number of halogens is 1. The van der Waals surface area contributed by atoms with Crippen LogP contribution in [0.4, 0.5) is 4.39 Å². The molecular weight excluding hydrogens is 347 g/mol. The van der Waals surface area contributed by atoms with Gasteiger partial charge in [0.2, 0.25) is 11.8 Å². The molecule has 6 heteroatoms. The second-order valence-corrected chi connectivity index (χ2v) is 6.58.